The van der Waals surface area contributed by atoms with Crippen molar-refractivity contribution in [2.24, 2.45) is 0 Å². The minimum atomic E-state index is -3.67. The van der Waals surface area contributed by atoms with Gasteiger partial charge in [0.15, 0.2) is 0 Å². The molecule has 1 aromatic heterocycles. The molecule has 0 unspecified atom stereocenters. The summed E-state index contributed by atoms with van der Waals surface area (Å²) in [5.41, 5.74) is 0.543. The number of nitrogens with one attached hydrogen (secondary N) is 2. The van der Waals surface area contributed by atoms with Gasteiger partial charge in [0.25, 0.3) is 15.8 Å². The van der Waals surface area contributed by atoms with E-state index in [0.29, 0.717) is 35.8 Å². The summed E-state index contributed by atoms with van der Waals surface area (Å²) in [7, 11) is -1.79. The first-order chi connectivity index (χ1) is 11.5. The molecule has 12 heteroatoms. The lowest BCUT2D eigenvalue weighted by Gasteiger charge is -2.25. The predicted octanol–water partition coefficient (Wildman–Crippen LogP) is -0.383. The smallest absolute Gasteiger partial charge is 0.314 e. The third kappa shape index (κ3) is 4.49. The van der Waals surface area contributed by atoms with Crippen molar-refractivity contribution in [2.45, 2.75) is 13.0 Å². The molecule has 0 bridgehead atoms. The molecule has 2 aromatic rings. The lowest BCUT2D eigenvalue weighted by molar-refractivity contribution is -0.385. The van der Waals surface area contributed by atoms with Crippen molar-refractivity contribution in [1.82, 2.24) is 14.9 Å². The second kappa shape index (κ2) is 6.74. The molecule has 0 radical (unpaired) electrons. The number of likely N-dealkylation sites (N-methyl/N-ethyl adjacent to an activating group) is 1. The molecule has 0 atom stereocenters. The SMILES string of the molecule is CN1CCc2c(c([N+](=O)[O-])cc3[nH]c(=O)c(=O)[nH]c23)C1.CS(=O)(=O)O. The van der Waals surface area contributed by atoms with Crippen LogP contribution < -0.4 is 11.1 Å². The van der Waals surface area contributed by atoms with E-state index in [1.54, 1.807) is 0 Å². The molecule has 1 aromatic carbocycles. The molecule has 0 amide bonds. The molecule has 136 valence electrons. The fourth-order valence-electron chi connectivity index (χ4n) is 2.62. The molecular weight excluding hydrogens is 356 g/mol. The summed E-state index contributed by atoms with van der Waals surface area (Å²) in [6, 6.07) is 1.31. The van der Waals surface area contributed by atoms with E-state index in [1.807, 2.05) is 11.9 Å². The van der Waals surface area contributed by atoms with Gasteiger partial charge in [-0.15, -0.1) is 0 Å². The van der Waals surface area contributed by atoms with Crippen molar-refractivity contribution in [3.8, 4) is 0 Å². The Morgan fingerprint density at radius 2 is 1.80 bits per heavy atom. The maximum atomic E-state index is 11.5. The quantitative estimate of drug-likeness (QED) is 0.263. The van der Waals surface area contributed by atoms with E-state index in [9.17, 15) is 28.1 Å². The lowest BCUT2D eigenvalue weighted by atomic mass is 9.96. The normalized spacial score (nSPS) is 14.5. The fraction of sp³-hybridized carbons (Fsp3) is 0.385. The molecule has 1 aliphatic heterocycles. The molecule has 25 heavy (non-hydrogen) atoms. The van der Waals surface area contributed by atoms with E-state index < -0.39 is 26.2 Å². The van der Waals surface area contributed by atoms with Crippen molar-refractivity contribution in [2.75, 3.05) is 19.8 Å². The monoisotopic (exact) mass is 372 g/mol. The van der Waals surface area contributed by atoms with Gasteiger partial charge in [-0.25, -0.2) is 0 Å². The molecule has 2 heterocycles. The summed E-state index contributed by atoms with van der Waals surface area (Å²) in [5.74, 6) is 0. The van der Waals surface area contributed by atoms with Crippen LogP contribution in [-0.2, 0) is 23.1 Å². The van der Waals surface area contributed by atoms with E-state index >= 15 is 0 Å². The minimum absolute atomic E-state index is 0.0262. The Bertz CT molecular complexity index is 1050. The fourth-order valence-corrected chi connectivity index (χ4v) is 2.62. The minimum Gasteiger partial charge on any atom is -0.316 e. The van der Waals surface area contributed by atoms with Crippen LogP contribution in [0.1, 0.15) is 11.1 Å². The van der Waals surface area contributed by atoms with Crippen molar-refractivity contribution >= 4 is 26.8 Å². The van der Waals surface area contributed by atoms with Crippen LogP contribution in [0.2, 0.25) is 0 Å². The number of fused-ring (bicyclic) bond motifs is 3. The number of hydrogen-bond acceptors (Lipinski definition) is 7. The Morgan fingerprint density at radius 3 is 2.36 bits per heavy atom. The van der Waals surface area contributed by atoms with Crippen LogP contribution in [0, 0.1) is 10.1 Å². The number of nitro groups is 1. The van der Waals surface area contributed by atoms with Gasteiger partial charge >= 0.3 is 11.1 Å². The molecule has 11 nitrogen and oxygen atoms in total. The van der Waals surface area contributed by atoms with Gasteiger partial charge in [-0.2, -0.15) is 8.42 Å². The molecular formula is C13H16N4O7S. The van der Waals surface area contributed by atoms with Gasteiger partial charge in [0.05, 0.1) is 22.2 Å². The summed E-state index contributed by atoms with van der Waals surface area (Å²) in [6.07, 6.45) is 1.30. The molecule has 0 aliphatic carbocycles. The average Bonchev–Trinajstić information content (AvgIpc) is 2.46. The van der Waals surface area contributed by atoms with Gasteiger partial charge in [0, 0.05) is 24.7 Å². The van der Waals surface area contributed by atoms with Crippen molar-refractivity contribution in [3.05, 3.63) is 48.0 Å². The summed E-state index contributed by atoms with van der Waals surface area (Å²) in [5, 5.41) is 11.2. The summed E-state index contributed by atoms with van der Waals surface area (Å²) in [4.78, 5) is 40.5. The molecule has 0 saturated heterocycles. The van der Waals surface area contributed by atoms with Gasteiger partial charge in [-0.1, -0.05) is 0 Å². The highest BCUT2D eigenvalue weighted by atomic mass is 32.2. The standard InChI is InChI=1S/C12H12N4O4.CH4O3S/c1-15-3-2-6-7(5-15)9(16(19)20)4-8-10(6)14-12(18)11(17)13-8;1-5(2,3)4/h4H,2-3,5H2,1H3,(H,13,17)(H,14,18);1H3,(H,2,3,4). The Morgan fingerprint density at radius 1 is 1.24 bits per heavy atom. The topological polar surface area (TPSA) is 166 Å². The zero-order chi connectivity index (χ0) is 18.9. The van der Waals surface area contributed by atoms with E-state index in [0.717, 1.165) is 12.1 Å². The number of nitrogens with zero attached hydrogens (tertiary/aromatic N) is 2. The number of benzene rings is 1. The Balaban J connectivity index is 0.000000399. The van der Waals surface area contributed by atoms with Gasteiger partial charge in [-0.05, 0) is 19.0 Å². The van der Waals surface area contributed by atoms with Crippen LogP contribution in [0.3, 0.4) is 0 Å². The van der Waals surface area contributed by atoms with Crippen LogP contribution in [0.15, 0.2) is 15.7 Å². The first kappa shape index (κ1) is 18.8. The number of rotatable bonds is 1. The summed E-state index contributed by atoms with van der Waals surface area (Å²) < 4.78 is 25.9. The first-order valence-electron chi connectivity index (χ1n) is 7.04. The van der Waals surface area contributed by atoms with Crippen molar-refractivity contribution in [1.29, 1.82) is 0 Å². The van der Waals surface area contributed by atoms with E-state index in [1.165, 1.54) is 6.07 Å². The van der Waals surface area contributed by atoms with Gasteiger partial charge in [0.1, 0.15) is 0 Å². The van der Waals surface area contributed by atoms with Gasteiger partial charge in [0.2, 0.25) is 0 Å². The molecule has 3 rings (SSSR count). The number of nitro benzene ring substituents is 1. The number of hydrogen-bond donors (Lipinski definition) is 3. The van der Waals surface area contributed by atoms with Crippen molar-refractivity contribution < 1.29 is 17.9 Å². The van der Waals surface area contributed by atoms with E-state index in [4.69, 9.17) is 4.55 Å². The Labute approximate surface area is 141 Å². The van der Waals surface area contributed by atoms with Gasteiger partial charge in [-0.3, -0.25) is 24.3 Å². The summed E-state index contributed by atoms with van der Waals surface area (Å²) >= 11 is 0. The highest BCUT2D eigenvalue weighted by molar-refractivity contribution is 7.85. The third-order valence-corrected chi connectivity index (χ3v) is 3.59. The molecule has 0 saturated carbocycles. The summed E-state index contributed by atoms with van der Waals surface area (Å²) in [6.45, 7) is 1.19. The number of H-pyrrole nitrogens is 2. The number of aromatic nitrogens is 2. The van der Waals surface area contributed by atoms with Crippen LogP contribution in [-0.4, -0.2) is 52.6 Å². The van der Waals surface area contributed by atoms with E-state index in [2.05, 4.69) is 9.97 Å². The molecule has 1 aliphatic rings. The zero-order valence-corrected chi connectivity index (χ0v) is 14.2. The van der Waals surface area contributed by atoms with Crippen LogP contribution in [0.5, 0.6) is 0 Å². The maximum absolute atomic E-state index is 11.5. The van der Waals surface area contributed by atoms with Crippen LogP contribution in [0.25, 0.3) is 11.0 Å². The van der Waals surface area contributed by atoms with E-state index in [-0.39, 0.29) is 5.69 Å². The van der Waals surface area contributed by atoms with Gasteiger partial charge < -0.3 is 14.9 Å². The largest absolute Gasteiger partial charge is 0.316 e. The van der Waals surface area contributed by atoms with Crippen LogP contribution >= 0.6 is 0 Å². The Kier molecular flexibility index (Phi) is 5.06. The predicted molar refractivity (Wildman–Crippen MR) is 89.4 cm³/mol. The maximum Gasteiger partial charge on any atom is 0.314 e. The first-order valence-corrected chi connectivity index (χ1v) is 8.88. The highest BCUT2D eigenvalue weighted by Crippen LogP contribution is 2.32. The lowest BCUT2D eigenvalue weighted by Crippen LogP contribution is -2.31. The second-order valence-corrected chi connectivity index (χ2v) is 7.13. The average molecular weight is 372 g/mol. The second-order valence-electron chi connectivity index (χ2n) is 5.66. The third-order valence-electron chi connectivity index (χ3n) is 3.59. The molecule has 3 N–H and O–H groups in total. The highest BCUT2D eigenvalue weighted by Gasteiger charge is 2.26. The van der Waals surface area contributed by atoms with Crippen molar-refractivity contribution in [3.63, 3.8) is 0 Å². The molecule has 0 fully saturated rings. The zero-order valence-electron chi connectivity index (χ0n) is 13.4. The van der Waals surface area contributed by atoms with Crippen LogP contribution in [0.4, 0.5) is 5.69 Å². The Hall–Kier alpha value is -2.57. The molecule has 0 spiro atoms. The number of aromatic amines is 2.